The van der Waals surface area contributed by atoms with Crippen LogP contribution in [0.15, 0.2) is 9.79 Å². The minimum absolute atomic E-state index is 0.0599. The number of nitrogens with zero attached hydrogens (tertiary/aromatic N) is 2. The number of hydrogen-bond acceptors (Lipinski definition) is 4. The van der Waals surface area contributed by atoms with Gasteiger partial charge in [0.15, 0.2) is 0 Å². The summed E-state index contributed by atoms with van der Waals surface area (Å²) < 4.78 is 7.73. The molecule has 0 unspecified atom stereocenters. The van der Waals surface area contributed by atoms with E-state index in [9.17, 15) is 4.79 Å². The first kappa shape index (κ1) is 13.4. The number of fused-ring (bicyclic) bond motifs is 1. The number of thiophene rings is 1. The number of pyridine rings is 1. The van der Waals surface area contributed by atoms with E-state index in [-0.39, 0.29) is 5.43 Å². The highest BCUT2D eigenvalue weighted by Gasteiger charge is 2.23. The Labute approximate surface area is 121 Å². The Hall–Kier alpha value is -1.62. The largest absolute Gasteiger partial charge is 0.475 e. The molecule has 106 valence electrons. The summed E-state index contributed by atoms with van der Waals surface area (Å²) in [6.07, 6.45) is 0. The zero-order valence-electron chi connectivity index (χ0n) is 12.2. The van der Waals surface area contributed by atoms with Gasteiger partial charge in [0.25, 0.3) is 0 Å². The summed E-state index contributed by atoms with van der Waals surface area (Å²) in [6, 6.07) is 0. The second-order valence-electron chi connectivity index (χ2n) is 5.03. The van der Waals surface area contributed by atoms with Crippen LogP contribution in [0.4, 0.5) is 0 Å². The van der Waals surface area contributed by atoms with Crippen molar-refractivity contribution in [3.63, 3.8) is 0 Å². The summed E-state index contributed by atoms with van der Waals surface area (Å²) in [5.41, 5.74) is 2.73. The van der Waals surface area contributed by atoms with Gasteiger partial charge in [-0.15, -0.1) is 11.3 Å². The van der Waals surface area contributed by atoms with Crippen LogP contribution in [0.2, 0.25) is 0 Å². The molecule has 1 aliphatic rings. The van der Waals surface area contributed by atoms with E-state index in [1.165, 1.54) is 4.88 Å². The lowest BCUT2D eigenvalue weighted by Gasteiger charge is -2.14. The highest BCUT2D eigenvalue weighted by atomic mass is 32.1. The fourth-order valence-corrected chi connectivity index (χ4v) is 4.03. The summed E-state index contributed by atoms with van der Waals surface area (Å²) in [7, 11) is 0. The lowest BCUT2D eigenvalue weighted by molar-refractivity contribution is 0.348. The number of aliphatic imine (C=N–C) groups is 1. The van der Waals surface area contributed by atoms with Crippen molar-refractivity contribution in [3.05, 3.63) is 31.9 Å². The van der Waals surface area contributed by atoms with Crippen molar-refractivity contribution >= 4 is 27.5 Å². The third kappa shape index (κ3) is 1.73. The van der Waals surface area contributed by atoms with Gasteiger partial charge in [0.1, 0.15) is 17.0 Å². The zero-order chi connectivity index (χ0) is 14.4. The molecule has 0 aliphatic carbocycles. The van der Waals surface area contributed by atoms with E-state index in [0.29, 0.717) is 24.6 Å². The molecule has 5 heteroatoms. The Bertz CT molecular complexity index is 783. The maximum absolute atomic E-state index is 12.9. The highest BCUT2D eigenvalue weighted by Crippen LogP contribution is 2.30. The quantitative estimate of drug-likeness (QED) is 0.853. The van der Waals surface area contributed by atoms with Crippen molar-refractivity contribution in [2.45, 2.75) is 34.2 Å². The molecule has 2 aromatic rings. The lowest BCUT2D eigenvalue weighted by Crippen LogP contribution is -2.23. The SMILES string of the molecule is CCn1c(C)c(C2=NCCO2)c(=O)c2c(C)c(C)sc21. The van der Waals surface area contributed by atoms with Crippen LogP contribution in [-0.4, -0.2) is 23.6 Å². The molecule has 0 atom stereocenters. The van der Waals surface area contributed by atoms with Gasteiger partial charge in [0.2, 0.25) is 11.3 Å². The Morgan fingerprint density at radius 2 is 2.10 bits per heavy atom. The first-order chi connectivity index (χ1) is 9.56. The van der Waals surface area contributed by atoms with Gasteiger partial charge in [-0.2, -0.15) is 0 Å². The molecule has 0 fully saturated rings. The van der Waals surface area contributed by atoms with E-state index >= 15 is 0 Å². The maximum atomic E-state index is 12.9. The van der Waals surface area contributed by atoms with E-state index in [1.807, 2.05) is 13.8 Å². The summed E-state index contributed by atoms with van der Waals surface area (Å²) in [4.78, 5) is 19.5. The first-order valence-electron chi connectivity index (χ1n) is 6.87. The smallest absolute Gasteiger partial charge is 0.222 e. The van der Waals surface area contributed by atoms with Gasteiger partial charge in [-0.05, 0) is 33.3 Å². The molecule has 0 N–H and O–H groups in total. The predicted molar refractivity (Wildman–Crippen MR) is 83.3 cm³/mol. The Morgan fingerprint density at radius 3 is 2.70 bits per heavy atom. The number of hydrogen-bond donors (Lipinski definition) is 0. The predicted octanol–water partition coefficient (Wildman–Crippen LogP) is 2.78. The van der Waals surface area contributed by atoms with Crippen molar-refractivity contribution in [3.8, 4) is 0 Å². The van der Waals surface area contributed by atoms with Crippen molar-refractivity contribution in [2.75, 3.05) is 13.2 Å². The lowest BCUT2D eigenvalue weighted by atomic mass is 10.1. The van der Waals surface area contributed by atoms with Crippen LogP contribution in [0.25, 0.3) is 10.2 Å². The number of aromatic nitrogens is 1. The van der Waals surface area contributed by atoms with Crippen LogP contribution in [0.3, 0.4) is 0 Å². The molecular weight excluding hydrogens is 272 g/mol. The molecule has 3 rings (SSSR count). The van der Waals surface area contributed by atoms with E-state index in [1.54, 1.807) is 11.3 Å². The fourth-order valence-electron chi connectivity index (χ4n) is 2.76. The molecule has 0 bridgehead atoms. The Morgan fingerprint density at radius 1 is 1.35 bits per heavy atom. The number of aryl methyl sites for hydroxylation is 3. The van der Waals surface area contributed by atoms with E-state index in [0.717, 1.165) is 28.0 Å². The minimum atomic E-state index is 0.0599. The van der Waals surface area contributed by atoms with Crippen molar-refractivity contribution in [2.24, 2.45) is 4.99 Å². The van der Waals surface area contributed by atoms with Gasteiger partial charge in [-0.3, -0.25) is 4.79 Å². The summed E-state index contributed by atoms with van der Waals surface area (Å²) >= 11 is 1.69. The zero-order valence-corrected chi connectivity index (χ0v) is 13.1. The normalized spacial score (nSPS) is 14.7. The molecule has 0 radical (unpaired) electrons. The van der Waals surface area contributed by atoms with Gasteiger partial charge >= 0.3 is 0 Å². The second-order valence-corrected chi connectivity index (χ2v) is 6.24. The second kappa shape index (κ2) is 4.74. The number of rotatable bonds is 2. The summed E-state index contributed by atoms with van der Waals surface area (Å²) in [5, 5.41) is 0.827. The van der Waals surface area contributed by atoms with Crippen LogP contribution in [-0.2, 0) is 11.3 Å². The average molecular weight is 290 g/mol. The molecule has 1 aliphatic heterocycles. The average Bonchev–Trinajstić information content (AvgIpc) is 3.01. The van der Waals surface area contributed by atoms with Crippen molar-refractivity contribution in [1.82, 2.24) is 4.57 Å². The third-order valence-corrected chi connectivity index (χ3v) is 5.18. The van der Waals surface area contributed by atoms with Crippen molar-refractivity contribution < 1.29 is 4.74 Å². The van der Waals surface area contributed by atoms with Crippen LogP contribution in [0.5, 0.6) is 0 Å². The van der Waals surface area contributed by atoms with Gasteiger partial charge in [0.05, 0.1) is 11.9 Å². The molecule has 20 heavy (non-hydrogen) atoms. The van der Waals surface area contributed by atoms with E-state index < -0.39 is 0 Å². The van der Waals surface area contributed by atoms with Crippen LogP contribution >= 0.6 is 11.3 Å². The van der Waals surface area contributed by atoms with Crippen LogP contribution in [0, 0.1) is 20.8 Å². The molecule has 0 spiro atoms. The molecule has 3 heterocycles. The monoisotopic (exact) mass is 290 g/mol. The molecule has 2 aromatic heterocycles. The molecule has 0 saturated carbocycles. The molecule has 0 saturated heterocycles. The van der Waals surface area contributed by atoms with Gasteiger partial charge in [0, 0.05) is 17.1 Å². The number of ether oxygens (including phenoxy) is 1. The molecular formula is C15H18N2O2S. The Kier molecular flexibility index (Phi) is 3.17. The maximum Gasteiger partial charge on any atom is 0.222 e. The standard InChI is InChI=1S/C15H18N2O2S/c1-5-17-9(3)12(14-16-6-7-19-14)13(18)11-8(2)10(4)20-15(11)17/h5-7H2,1-4H3. The first-order valence-corrected chi connectivity index (χ1v) is 7.68. The van der Waals surface area contributed by atoms with Crippen molar-refractivity contribution in [1.29, 1.82) is 0 Å². The van der Waals surface area contributed by atoms with Gasteiger partial charge in [-0.25, -0.2) is 4.99 Å². The third-order valence-electron chi connectivity index (χ3n) is 3.95. The van der Waals surface area contributed by atoms with E-state index in [4.69, 9.17) is 4.74 Å². The minimum Gasteiger partial charge on any atom is -0.475 e. The summed E-state index contributed by atoms with van der Waals surface area (Å²) in [5.74, 6) is 0.514. The molecule has 4 nitrogen and oxygen atoms in total. The van der Waals surface area contributed by atoms with E-state index in [2.05, 4.69) is 23.4 Å². The topological polar surface area (TPSA) is 43.6 Å². The highest BCUT2D eigenvalue weighted by molar-refractivity contribution is 7.18. The molecule has 0 amide bonds. The van der Waals surface area contributed by atoms with Gasteiger partial charge < -0.3 is 9.30 Å². The molecule has 0 aromatic carbocycles. The Balaban J connectivity index is 2.47. The fraction of sp³-hybridized carbons (Fsp3) is 0.467. The summed E-state index contributed by atoms with van der Waals surface area (Å²) in [6.45, 7) is 10.2. The van der Waals surface area contributed by atoms with Crippen LogP contribution in [0.1, 0.15) is 28.6 Å². The van der Waals surface area contributed by atoms with Crippen LogP contribution < -0.4 is 5.43 Å². The van der Waals surface area contributed by atoms with Gasteiger partial charge in [-0.1, -0.05) is 0 Å².